The van der Waals surface area contributed by atoms with Crippen molar-refractivity contribution < 1.29 is 9.53 Å². The van der Waals surface area contributed by atoms with E-state index in [-0.39, 0.29) is 16.8 Å². The number of carbonyl (C=O) groups excluding carboxylic acids is 1. The van der Waals surface area contributed by atoms with Crippen molar-refractivity contribution in [3.8, 4) is 0 Å². The molecule has 0 bridgehead atoms. The van der Waals surface area contributed by atoms with Crippen LogP contribution in [0.1, 0.15) is 74.5 Å². The third-order valence-corrected chi connectivity index (χ3v) is 6.38. The number of methoxy groups -OCH3 is 1. The van der Waals surface area contributed by atoms with Gasteiger partial charge in [0.25, 0.3) is 0 Å². The summed E-state index contributed by atoms with van der Waals surface area (Å²) in [6.07, 6.45) is 2.42. The molecule has 2 aromatic rings. The minimum absolute atomic E-state index is 0.182. The average molecular weight is 380 g/mol. The van der Waals surface area contributed by atoms with Crippen molar-refractivity contribution in [2.75, 3.05) is 18.6 Å². The molecule has 0 aromatic heterocycles. The second-order valence-electron chi connectivity index (χ2n) is 9.23. The second-order valence-corrected chi connectivity index (χ2v) is 9.23. The van der Waals surface area contributed by atoms with E-state index in [0.29, 0.717) is 5.56 Å². The molecule has 3 nitrogen and oxygen atoms in total. The van der Waals surface area contributed by atoms with Crippen molar-refractivity contribution >= 4 is 17.3 Å². The van der Waals surface area contributed by atoms with E-state index in [2.05, 4.69) is 58.6 Å². The van der Waals surface area contributed by atoms with Crippen molar-refractivity contribution in [2.24, 2.45) is 0 Å². The molecule has 0 atom stereocenters. The number of aryl methyl sites for hydroxylation is 1. The Kier molecular flexibility index (Phi) is 5.31. The molecule has 150 valence electrons. The fraction of sp³-hybridized carbons (Fsp3) is 0.480. The normalized spacial score (nSPS) is 17.0. The van der Waals surface area contributed by atoms with E-state index in [1.807, 2.05) is 24.3 Å². The van der Waals surface area contributed by atoms with Gasteiger partial charge >= 0.3 is 5.97 Å². The van der Waals surface area contributed by atoms with Gasteiger partial charge in [-0.15, -0.1) is 0 Å². The van der Waals surface area contributed by atoms with E-state index >= 15 is 0 Å². The van der Waals surface area contributed by atoms with E-state index in [1.54, 1.807) is 0 Å². The summed E-state index contributed by atoms with van der Waals surface area (Å²) in [6, 6.07) is 12.5. The van der Waals surface area contributed by atoms with Crippen LogP contribution in [-0.2, 0) is 15.6 Å². The van der Waals surface area contributed by atoms with Gasteiger partial charge < -0.3 is 9.64 Å². The molecule has 3 rings (SSSR count). The van der Waals surface area contributed by atoms with E-state index in [0.717, 1.165) is 12.2 Å². The zero-order valence-corrected chi connectivity index (χ0v) is 18.3. The van der Waals surface area contributed by atoms with Crippen molar-refractivity contribution in [3.63, 3.8) is 0 Å². The van der Waals surface area contributed by atoms with Crippen LogP contribution in [0.3, 0.4) is 0 Å². The number of benzene rings is 2. The molecule has 28 heavy (non-hydrogen) atoms. The monoisotopic (exact) mass is 379 g/mol. The molecule has 1 aliphatic carbocycles. The standard InChI is InChI=1S/C25H33NO2/c1-8-26(19-11-9-18(10-12-19)23(27)28-7)22-16-21-20(15-17(22)2)24(3,4)13-14-25(21,5)6/h9-12,15-16H,8,13-14H2,1-7H3. The number of carbonyl (C=O) groups is 1. The van der Waals surface area contributed by atoms with Crippen LogP contribution in [0.25, 0.3) is 0 Å². The molecule has 0 fully saturated rings. The number of esters is 1. The minimum Gasteiger partial charge on any atom is -0.465 e. The van der Waals surface area contributed by atoms with Gasteiger partial charge in [0.1, 0.15) is 0 Å². The van der Waals surface area contributed by atoms with Gasteiger partial charge in [0.15, 0.2) is 0 Å². The Balaban J connectivity index is 2.08. The predicted octanol–water partition coefficient (Wildman–Crippen LogP) is 6.29. The van der Waals surface area contributed by atoms with Crippen molar-refractivity contribution in [1.82, 2.24) is 0 Å². The largest absolute Gasteiger partial charge is 0.465 e. The lowest BCUT2D eigenvalue weighted by atomic mass is 9.63. The molecule has 0 saturated heterocycles. The molecule has 0 N–H and O–H groups in total. The molecule has 0 saturated carbocycles. The number of rotatable bonds is 4. The lowest BCUT2D eigenvalue weighted by Gasteiger charge is -2.43. The van der Waals surface area contributed by atoms with Crippen molar-refractivity contribution in [1.29, 1.82) is 0 Å². The molecule has 0 radical (unpaired) electrons. The Morgan fingerprint density at radius 2 is 1.54 bits per heavy atom. The van der Waals surface area contributed by atoms with Gasteiger partial charge in [-0.25, -0.2) is 4.79 Å². The van der Waals surface area contributed by atoms with Crippen molar-refractivity contribution in [2.45, 2.75) is 65.2 Å². The molecule has 0 amide bonds. The molecule has 0 unspecified atom stereocenters. The Labute approximate surface area is 169 Å². The van der Waals surface area contributed by atoms with Gasteiger partial charge in [0.05, 0.1) is 12.7 Å². The fourth-order valence-electron chi connectivity index (χ4n) is 4.39. The highest BCUT2D eigenvalue weighted by Crippen LogP contribution is 2.48. The molecule has 0 spiro atoms. The first kappa shape index (κ1) is 20.4. The summed E-state index contributed by atoms with van der Waals surface area (Å²) in [6.45, 7) is 14.7. The van der Waals surface area contributed by atoms with E-state index in [1.165, 1.54) is 42.3 Å². The Morgan fingerprint density at radius 3 is 2.04 bits per heavy atom. The Bertz CT molecular complexity index is 878. The first-order valence-electron chi connectivity index (χ1n) is 10.2. The maximum Gasteiger partial charge on any atom is 0.337 e. The van der Waals surface area contributed by atoms with Crippen LogP contribution in [0.15, 0.2) is 36.4 Å². The first-order chi connectivity index (χ1) is 13.1. The van der Waals surface area contributed by atoms with Gasteiger partial charge in [-0.05, 0) is 84.5 Å². The minimum atomic E-state index is -0.302. The van der Waals surface area contributed by atoms with Crippen LogP contribution in [0, 0.1) is 6.92 Å². The fourth-order valence-corrected chi connectivity index (χ4v) is 4.39. The van der Waals surface area contributed by atoms with Crippen LogP contribution >= 0.6 is 0 Å². The number of anilines is 2. The predicted molar refractivity (Wildman–Crippen MR) is 117 cm³/mol. The van der Waals surface area contributed by atoms with Crippen LogP contribution in [-0.4, -0.2) is 19.6 Å². The molecule has 1 aliphatic rings. The van der Waals surface area contributed by atoms with Gasteiger partial charge in [0, 0.05) is 17.9 Å². The Hall–Kier alpha value is -2.29. The molecule has 0 heterocycles. The van der Waals surface area contributed by atoms with Crippen LogP contribution in [0.5, 0.6) is 0 Å². The van der Waals surface area contributed by atoms with Gasteiger partial charge in [-0.1, -0.05) is 33.8 Å². The third-order valence-electron chi connectivity index (χ3n) is 6.38. The highest BCUT2D eigenvalue weighted by molar-refractivity contribution is 5.90. The lowest BCUT2D eigenvalue weighted by molar-refractivity contribution is 0.0601. The van der Waals surface area contributed by atoms with E-state index in [9.17, 15) is 4.79 Å². The molecule has 0 aliphatic heterocycles. The molecule has 2 aromatic carbocycles. The maximum absolute atomic E-state index is 11.7. The van der Waals surface area contributed by atoms with Crippen LogP contribution in [0.2, 0.25) is 0 Å². The summed E-state index contributed by atoms with van der Waals surface area (Å²) in [5.41, 5.74) is 7.56. The summed E-state index contributed by atoms with van der Waals surface area (Å²) in [7, 11) is 1.41. The molecular formula is C25H33NO2. The second kappa shape index (κ2) is 7.27. The number of hydrogen-bond acceptors (Lipinski definition) is 3. The topological polar surface area (TPSA) is 29.5 Å². The maximum atomic E-state index is 11.7. The highest BCUT2D eigenvalue weighted by atomic mass is 16.5. The first-order valence-corrected chi connectivity index (χ1v) is 10.2. The van der Waals surface area contributed by atoms with Gasteiger partial charge in [-0.2, -0.15) is 0 Å². The number of ether oxygens (including phenoxy) is 1. The smallest absolute Gasteiger partial charge is 0.337 e. The van der Waals surface area contributed by atoms with Crippen LogP contribution in [0.4, 0.5) is 11.4 Å². The Morgan fingerprint density at radius 1 is 1.00 bits per heavy atom. The zero-order valence-electron chi connectivity index (χ0n) is 18.3. The summed E-state index contributed by atoms with van der Waals surface area (Å²) in [5, 5.41) is 0. The summed E-state index contributed by atoms with van der Waals surface area (Å²) < 4.78 is 4.82. The number of nitrogens with zero attached hydrogens (tertiary/aromatic N) is 1. The van der Waals surface area contributed by atoms with Gasteiger partial charge in [0.2, 0.25) is 0 Å². The summed E-state index contributed by atoms with van der Waals surface area (Å²) in [4.78, 5) is 14.1. The number of hydrogen-bond donors (Lipinski definition) is 0. The zero-order chi connectivity index (χ0) is 20.7. The third kappa shape index (κ3) is 3.55. The van der Waals surface area contributed by atoms with E-state index < -0.39 is 0 Å². The molecular weight excluding hydrogens is 346 g/mol. The van der Waals surface area contributed by atoms with Gasteiger partial charge in [-0.3, -0.25) is 0 Å². The highest BCUT2D eigenvalue weighted by Gasteiger charge is 2.37. The summed E-state index contributed by atoms with van der Waals surface area (Å²) in [5.74, 6) is -0.302. The number of fused-ring (bicyclic) bond motifs is 1. The molecule has 3 heteroatoms. The van der Waals surface area contributed by atoms with Crippen LogP contribution < -0.4 is 4.90 Å². The lowest BCUT2D eigenvalue weighted by Crippen LogP contribution is -2.34. The SMILES string of the molecule is CCN(c1ccc(C(=O)OC)cc1)c1cc2c(cc1C)C(C)(C)CCC2(C)C. The quantitative estimate of drug-likeness (QED) is 0.585. The summed E-state index contributed by atoms with van der Waals surface area (Å²) >= 11 is 0. The average Bonchev–Trinajstić information content (AvgIpc) is 2.67. The van der Waals surface area contributed by atoms with Crippen molar-refractivity contribution in [3.05, 3.63) is 58.7 Å². The van der Waals surface area contributed by atoms with E-state index in [4.69, 9.17) is 4.74 Å².